The van der Waals surface area contributed by atoms with E-state index in [1.165, 1.54) is 4.57 Å². The van der Waals surface area contributed by atoms with Gasteiger partial charge in [0.15, 0.2) is 0 Å². The molecule has 0 aliphatic carbocycles. The molecule has 1 aromatic heterocycles. The van der Waals surface area contributed by atoms with Crippen molar-refractivity contribution in [2.75, 3.05) is 13.1 Å². The van der Waals surface area contributed by atoms with Gasteiger partial charge in [-0.1, -0.05) is 41.9 Å². The summed E-state index contributed by atoms with van der Waals surface area (Å²) in [4.78, 5) is 43.1. The minimum atomic E-state index is -0.876. The lowest BCUT2D eigenvalue weighted by atomic mass is 10.1. The van der Waals surface area contributed by atoms with Gasteiger partial charge in [0.25, 0.3) is 11.8 Å². The molecule has 8 nitrogen and oxygen atoms in total. The smallest absolute Gasteiger partial charge is 0.329 e. The Morgan fingerprint density at radius 2 is 1.82 bits per heavy atom. The molecular weight excluding hydrogens is 524 g/mol. The monoisotopic (exact) mass is 544 g/mol. The normalized spacial score (nSPS) is 17.9. The Kier molecular flexibility index (Phi) is 6.09. The summed E-state index contributed by atoms with van der Waals surface area (Å²) in [7, 11) is 0. The first kappa shape index (κ1) is 22.9. The number of aliphatic hydroxyl groups excluding tert-OH is 1. The zero-order valence-electron chi connectivity index (χ0n) is 18.2. The molecule has 10 heteroatoms. The van der Waals surface area contributed by atoms with Crippen LogP contribution in [0.1, 0.15) is 32.1 Å². The Morgan fingerprint density at radius 1 is 1.06 bits per heavy atom. The van der Waals surface area contributed by atoms with Crippen molar-refractivity contribution in [2.45, 2.75) is 32.3 Å². The Hall–Kier alpha value is -2.88. The Bertz CT molecular complexity index is 1340. The Labute approximate surface area is 209 Å². The predicted molar refractivity (Wildman–Crippen MR) is 130 cm³/mol. The van der Waals surface area contributed by atoms with Gasteiger partial charge in [-0.25, -0.2) is 4.79 Å². The van der Waals surface area contributed by atoms with Crippen LogP contribution in [0.4, 0.5) is 0 Å². The highest BCUT2D eigenvalue weighted by Crippen LogP contribution is 2.26. The fourth-order valence-corrected chi connectivity index (χ4v) is 5.03. The summed E-state index contributed by atoms with van der Waals surface area (Å²) in [5.74, 6) is -0.553. The van der Waals surface area contributed by atoms with Gasteiger partial charge in [0.05, 0.1) is 29.9 Å². The number of fused-ring (bicyclic) bond motifs is 3. The van der Waals surface area contributed by atoms with E-state index in [2.05, 4.69) is 15.9 Å². The van der Waals surface area contributed by atoms with E-state index in [0.29, 0.717) is 33.8 Å². The Morgan fingerprint density at radius 3 is 2.56 bits per heavy atom. The van der Waals surface area contributed by atoms with Crippen molar-refractivity contribution >= 4 is 39.3 Å². The van der Waals surface area contributed by atoms with Gasteiger partial charge >= 0.3 is 5.69 Å². The summed E-state index contributed by atoms with van der Waals surface area (Å²) < 4.78 is 3.60. The number of carbonyl (C=O) groups is 2. The molecule has 0 spiro atoms. The lowest BCUT2D eigenvalue weighted by Gasteiger charge is -2.29. The third-order valence-electron chi connectivity index (χ3n) is 6.25. The molecule has 0 unspecified atom stereocenters. The van der Waals surface area contributed by atoms with Crippen LogP contribution in [0.2, 0.25) is 5.02 Å². The summed E-state index contributed by atoms with van der Waals surface area (Å²) >= 11 is 9.50. The molecule has 2 aliphatic rings. The third kappa shape index (κ3) is 4.08. The van der Waals surface area contributed by atoms with Gasteiger partial charge in [-0.3, -0.25) is 18.7 Å². The summed E-state index contributed by atoms with van der Waals surface area (Å²) in [5.41, 5.74) is 1.75. The van der Waals surface area contributed by atoms with Crippen LogP contribution in [0.5, 0.6) is 0 Å². The van der Waals surface area contributed by atoms with Gasteiger partial charge in [-0.15, -0.1) is 0 Å². The lowest BCUT2D eigenvalue weighted by molar-refractivity contribution is 0.0616. The van der Waals surface area contributed by atoms with Gasteiger partial charge in [0, 0.05) is 36.2 Å². The zero-order chi connectivity index (χ0) is 24.0. The largest absolute Gasteiger partial charge is 0.389 e. The van der Waals surface area contributed by atoms with E-state index in [0.717, 1.165) is 5.56 Å². The first-order valence-electron chi connectivity index (χ1n) is 10.9. The van der Waals surface area contributed by atoms with Crippen LogP contribution in [0.25, 0.3) is 0 Å². The molecule has 34 heavy (non-hydrogen) atoms. The standard InChI is InChI=1S/C24H22BrClN4O4/c25-18-7-6-16(10-19(18)26)22(32)27-8-9-29-20(14-27)21-23(33)28(11-15-4-2-1-3-5-15)12-17(31)13-30(21)24(29)34/h1-7,10,17,31H,8-9,11-14H2/t17-/m0/s1. The molecule has 1 N–H and O–H groups in total. The average Bonchev–Trinajstić information content (AvgIpc) is 3.03. The van der Waals surface area contributed by atoms with Crippen LogP contribution >= 0.6 is 27.5 Å². The van der Waals surface area contributed by atoms with Crippen LogP contribution in [-0.2, 0) is 26.2 Å². The second kappa shape index (κ2) is 9.05. The highest BCUT2D eigenvalue weighted by molar-refractivity contribution is 9.10. The highest BCUT2D eigenvalue weighted by Gasteiger charge is 2.36. The number of aliphatic hydroxyl groups is 1. The molecule has 2 aliphatic heterocycles. The number of imidazole rings is 1. The zero-order valence-corrected chi connectivity index (χ0v) is 20.5. The molecule has 0 saturated heterocycles. The molecule has 3 aromatic rings. The van der Waals surface area contributed by atoms with Gasteiger partial charge in [0.1, 0.15) is 5.69 Å². The number of halogens is 2. The number of hydrogen-bond acceptors (Lipinski definition) is 4. The molecule has 0 saturated carbocycles. The Balaban J connectivity index is 1.49. The molecule has 0 bridgehead atoms. The first-order valence-corrected chi connectivity index (χ1v) is 12.1. The molecule has 2 amide bonds. The van der Waals surface area contributed by atoms with E-state index in [4.69, 9.17) is 11.6 Å². The van der Waals surface area contributed by atoms with Crippen molar-refractivity contribution in [3.63, 3.8) is 0 Å². The minimum Gasteiger partial charge on any atom is -0.389 e. The number of nitrogens with zero attached hydrogens (tertiary/aromatic N) is 4. The molecule has 1 atom stereocenters. The molecular formula is C24H22BrClN4O4. The average molecular weight is 546 g/mol. The summed E-state index contributed by atoms with van der Waals surface area (Å²) in [5, 5.41) is 11.0. The van der Waals surface area contributed by atoms with Crippen LogP contribution in [0.3, 0.4) is 0 Å². The second-order valence-electron chi connectivity index (χ2n) is 8.52. The molecule has 3 heterocycles. The topological polar surface area (TPSA) is 87.8 Å². The van der Waals surface area contributed by atoms with E-state index < -0.39 is 6.10 Å². The lowest BCUT2D eigenvalue weighted by Crippen LogP contribution is -2.42. The minimum absolute atomic E-state index is 0.0292. The summed E-state index contributed by atoms with van der Waals surface area (Å²) in [6.45, 7) is 1.18. The number of carbonyl (C=O) groups excluding carboxylic acids is 2. The molecule has 5 rings (SSSR count). The maximum absolute atomic E-state index is 13.6. The van der Waals surface area contributed by atoms with E-state index in [-0.39, 0.29) is 49.4 Å². The van der Waals surface area contributed by atoms with Crippen molar-refractivity contribution in [2.24, 2.45) is 0 Å². The molecule has 0 fully saturated rings. The highest BCUT2D eigenvalue weighted by atomic mass is 79.9. The first-order chi connectivity index (χ1) is 16.3. The fraction of sp³-hybridized carbons (Fsp3) is 0.292. The second-order valence-corrected chi connectivity index (χ2v) is 9.78. The van der Waals surface area contributed by atoms with Crippen molar-refractivity contribution < 1.29 is 14.7 Å². The summed E-state index contributed by atoms with van der Waals surface area (Å²) in [6.07, 6.45) is -0.876. The number of benzene rings is 2. The fourth-order valence-electron chi connectivity index (χ4n) is 4.60. The molecule has 176 valence electrons. The van der Waals surface area contributed by atoms with E-state index in [1.54, 1.807) is 32.6 Å². The van der Waals surface area contributed by atoms with Crippen molar-refractivity contribution in [3.8, 4) is 0 Å². The number of hydrogen-bond donors (Lipinski definition) is 1. The quantitative estimate of drug-likeness (QED) is 0.548. The van der Waals surface area contributed by atoms with E-state index in [1.807, 2.05) is 30.3 Å². The van der Waals surface area contributed by atoms with Gasteiger partial charge in [0.2, 0.25) is 0 Å². The maximum atomic E-state index is 13.6. The van der Waals surface area contributed by atoms with Gasteiger partial charge < -0.3 is 14.9 Å². The molecule has 0 radical (unpaired) electrons. The molecule has 2 aromatic carbocycles. The summed E-state index contributed by atoms with van der Waals surface area (Å²) in [6, 6.07) is 14.5. The third-order valence-corrected chi connectivity index (χ3v) is 7.48. The number of amides is 2. The van der Waals surface area contributed by atoms with Crippen molar-refractivity contribution in [1.29, 1.82) is 0 Å². The van der Waals surface area contributed by atoms with Crippen LogP contribution in [0, 0.1) is 0 Å². The van der Waals surface area contributed by atoms with Gasteiger partial charge in [-0.2, -0.15) is 0 Å². The van der Waals surface area contributed by atoms with E-state index in [9.17, 15) is 19.5 Å². The predicted octanol–water partition coefficient (Wildman–Crippen LogP) is 2.74. The van der Waals surface area contributed by atoms with Crippen molar-refractivity contribution in [3.05, 3.63) is 91.0 Å². The van der Waals surface area contributed by atoms with Crippen LogP contribution in [0.15, 0.2) is 57.8 Å². The van der Waals surface area contributed by atoms with Crippen molar-refractivity contribution in [1.82, 2.24) is 18.9 Å². The number of β-amino-alcohol motifs (C(OH)–C–C–N with tert-alkyl or cyclic N) is 1. The van der Waals surface area contributed by atoms with Crippen LogP contribution in [-0.4, -0.2) is 55.0 Å². The van der Waals surface area contributed by atoms with Gasteiger partial charge in [-0.05, 0) is 39.7 Å². The number of aromatic nitrogens is 2. The van der Waals surface area contributed by atoms with E-state index >= 15 is 0 Å². The van der Waals surface area contributed by atoms with Crippen LogP contribution < -0.4 is 5.69 Å². The SMILES string of the molecule is O=C(c1ccc(Br)c(Cl)c1)N1CCn2c(c3n(c2=O)C[C@@H](O)CN(Cc2ccccc2)C3=O)C1. The number of rotatable bonds is 3. The maximum Gasteiger partial charge on any atom is 0.329 e.